The number of aromatic nitrogens is 4. The van der Waals surface area contributed by atoms with Crippen molar-refractivity contribution < 1.29 is 22.4 Å². The van der Waals surface area contributed by atoms with Crippen LogP contribution in [0.5, 0.6) is 0 Å². The lowest BCUT2D eigenvalue weighted by atomic mass is 10.2. The van der Waals surface area contributed by atoms with Crippen LogP contribution in [-0.4, -0.2) is 25.5 Å². The fourth-order valence-corrected chi connectivity index (χ4v) is 2.90. The summed E-state index contributed by atoms with van der Waals surface area (Å²) in [5.74, 6) is -6.48. The molecule has 28 heavy (non-hydrogen) atoms. The van der Waals surface area contributed by atoms with Crippen LogP contribution in [0.15, 0.2) is 24.7 Å². The van der Waals surface area contributed by atoms with Crippen LogP contribution in [0.4, 0.5) is 23.2 Å². The van der Waals surface area contributed by atoms with Crippen molar-refractivity contribution in [2.24, 2.45) is 0 Å². The molecule has 2 heterocycles. The number of amides is 1. The molecule has 0 saturated carbocycles. The number of benzene rings is 1. The zero-order chi connectivity index (χ0) is 20.4. The quantitative estimate of drug-likeness (QED) is 0.240. The predicted molar refractivity (Wildman–Crippen MR) is 101 cm³/mol. The van der Waals surface area contributed by atoms with Crippen molar-refractivity contribution in [2.75, 3.05) is 5.32 Å². The van der Waals surface area contributed by atoms with Crippen molar-refractivity contribution >= 4 is 34.2 Å². The zero-order valence-corrected chi connectivity index (χ0v) is 16.7. The molecule has 6 nitrogen and oxygen atoms in total. The molecule has 0 spiro atoms. The van der Waals surface area contributed by atoms with Crippen LogP contribution in [0.2, 0.25) is 0 Å². The summed E-state index contributed by atoms with van der Waals surface area (Å²) >= 11 is 2.15. The molecule has 148 valence electrons. The Hall–Kier alpha value is -2.44. The highest BCUT2D eigenvalue weighted by Crippen LogP contribution is 2.20. The maximum absolute atomic E-state index is 13.7. The van der Waals surface area contributed by atoms with Gasteiger partial charge in [-0.05, 0) is 29.5 Å². The van der Waals surface area contributed by atoms with Crippen molar-refractivity contribution in [2.45, 2.75) is 26.4 Å². The molecule has 0 atom stereocenters. The van der Waals surface area contributed by atoms with Gasteiger partial charge in [0.15, 0.2) is 17.5 Å². The van der Waals surface area contributed by atoms with Crippen LogP contribution < -0.4 is 5.32 Å². The average molecular weight is 507 g/mol. The van der Waals surface area contributed by atoms with Gasteiger partial charge >= 0.3 is 0 Å². The van der Waals surface area contributed by atoms with Gasteiger partial charge in [-0.1, -0.05) is 0 Å². The molecule has 0 aliphatic carbocycles. The van der Waals surface area contributed by atoms with Gasteiger partial charge in [0, 0.05) is 37.0 Å². The molecule has 2 aromatic heterocycles. The van der Waals surface area contributed by atoms with Crippen LogP contribution in [0, 0.1) is 33.8 Å². The SMILES string of the molecule is Cc1nn(CCC(=O)Nc2cnn(Cc3c(F)cc(F)c(F)c3F)c2)cc1I. The summed E-state index contributed by atoms with van der Waals surface area (Å²) in [6, 6.07) is 0.276. The number of anilines is 1. The van der Waals surface area contributed by atoms with Gasteiger partial charge in [0.2, 0.25) is 5.91 Å². The lowest BCUT2D eigenvalue weighted by Crippen LogP contribution is -2.14. The number of nitrogens with zero attached hydrogens (tertiary/aromatic N) is 4. The molecule has 0 aliphatic heterocycles. The summed E-state index contributed by atoms with van der Waals surface area (Å²) in [7, 11) is 0. The van der Waals surface area contributed by atoms with E-state index in [2.05, 4.69) is 38.1 Å². The van der Waals surface area contributed by atoms with Gasteiger partial charge in [-0.25, -0.2) is 17.6 Å². The zero-order valence-electron chi connectivity index (χ0n) is 14.5. The van der Waals surface area contributed by atoms with Gasteiger partial charge < -0.3 is 5.32 Å². The van der Waals surface area contributed by atoms with E-state index in [9.17, 15) is 22.4 Å². The van der Waals surface area contributed by atoms with Gasteiger partial charge in [0.25, 0.3) is 0 Å². The minimum Gasteiger partial charge on any atom is -0.323 e. The fraction of sp³-hybridized carbons (Fsp3) is 0.235. The molecule has 0 aliphatic rings. The molecule has 0 unspecified atom stereocenters. The monoisotopic (exact) mass is 507 g/mol. The van der Waals surface area contributed by atoms with Crippen LogP contribution in [0.25, 0.3) is 0 Å². The van der Waals surface area contributed by atoms with E-state index >= 15 is 0 Å². The molecule has 0 bridgehead atoms. The Morgan fingerprint density at radius 3 is 2.57 bits per heavy atom. The van der Waals surface area contributed by atoms with Crippen LogP contribution in [-0.2, 0) is 17.9 Å². The third-order valence-corrected chi connectivity index (χ3v) is 4.96. The summed E-state index contributed by atoms with van der Waals surface area (Å²) < 4.78 is 57.5. The molecule has 0 saturated heterocycles. The van der Waals surface area contributed by atoms with E-state index in [1.54, 1.807) is 4.68 Å². The number of hydrogen-bond donors (Lipinski definition) is 1. The second-order valence-electron chi connectivity index (χ2n) is 6.00. The highest BCUT2D eigenvalue weighted by Gasteiger charge is 2.19. The Morgan fingerprint density at radius 1 is 1.14 bits per heavy atom. The molecular formula is C17H14F4IN5O. The standard InChI is InChI=1S/C17H14F4IN5O/c1-9-14(22)8-26(25-9)3-2-15(28)24-10-5-23-27(6-10)7-11-12(18)4-13(19)17(21)16(11)20/h4-6,8H,2-3,7H2,1H3,(H,24,28). The largest absolute Gasteiger partial charge is 0.323 e. The number of nitrogens with one attached hydrogen (secondary N) is 1. The normalized spacial score (nSPS) is 11.1. The molecule has 3 rings (SSSR count). The second kappa shape index (κ2) is 8.29. The topological polar surface area (TPSA) is 64.7 Å². The van der Waals surface area contributed by atoms with E-state index < -0.39 is 35.4 Å². The van der Waals surface area contributed by atoms with E-state index in [1.807, 2.05) is 13.1 Å². The van der Waals surface area contributed by atoms with E-state index in [0.717, 1.165) is 13.9 Å². The van der Waals surface area contributed by atoms with Gasteiger partial charge in [-0.15, -0.1) is 0 Å². The van der Waals surface area contributed by atoms with Gasteiger partial charge in [0.05, 0.1) is 27.7 Å². The summed E-state index contributed by atoms with van der Waals surface area (Å²) in [5, 5.41) is 10.7. The first-order valence-corrected chi connectivity index (χ1v) is 9.16. The summed E-state index contributed by atoms with van der Waals surface area (Å²) in [6.07, 6.45) is 4.61. The van der Waals surface area contributed by atoms with E-state index in [4.69, 9.17) is 0 Å². The first kappa shape index (κ1) is 20.3. The van der Waals surface area contributed by atoms with Crippen molar-refractivity contribution in [3.05, 3.63) is 62.8 Å². The minimum absolute atomic E-state index is 0.162. The van der Waals surface area contributed by atoms with E-state index in [-0.39, 0.29) is 18.4 Å². The Balaban J connectivity index is 1.61. The fourth-order valence-electron chi connectivity index (χ4n) is 2.47. The molecule has 11 heteroatoms. The first-order chi connectivity index (χ1) is 13.2. The van der Waals surface area contributed by atoms with E-state index in [0.29, 0.717) is 12.2 Å². The maximum atomic E-state index is 13.7. The second-order valence-corrected chi connectivity index (χ2v) is 7.16. The molecule has 1 N–H and O–H groups in total. The van der Waals surface area contributed by atoms with Crippen molar-refractivity contribution in [1.82, 2.24) is 19.6 Å². The lowest BCUT2D eigenvalue weighted by Gasteiger charge is -2.07. The summed E-state index contributed by atoms with van der Waals surface area (Å²) in [6.45, 7) is 1.79. The number of halogens is 5. The minimum atomic E-state index is -1.75. The maximum Gasteiger partial charge on any atom is 0.226 e. The number of aryl methyl sites for hydroxylation is 2. The number of carbonyl (C=O) groups is 1. The highest BCUT2D eigenvalue weighted by molar-refractivity contribution is 14.1. The summed E-state index contributed by atoms with van der Waals surface area (Å²) in [4.78, 5) is 12.0. The third kappa shape index (κ3) is 4.51. The Morgan fingerprint density at radius 2 is 1.89 bits per heavy atom. The molecule has 3 aromatic rings. The number of rotatable bonds is 6. The average Bonchev–Trinajstić information content (AvgIpc) is 3.21. The highest BCUT2D eigenvalue weighted by atomic mass is 127. The molecule has 0 radical (unpaired) electrons. The van der Waals surface area contributed by atoms with E-state index in [1.165, 1.54) is 12.4 Å². The molecule has 1 amide bonds. The molecule has 0 fully saturated rings. The summed E-state index contributed by atoms with van der Waals surface area (Å²) in [5.41, 5.74) is 0.516. The Kier molecular flexibility index (Phi) is 6.01. The first-order valence-electron chi connectivity index (χ1n) is 8.08. The van der Waals surface area contributed by atoms with Gasteiger partial charge in [0.1, 0.15) is 5.82 Å². The molecular weight excluding hydrogens is 493 g/mol. The number of hydrogen-bond acceptors (Lipinski definition) is 3. The third-order valence-electron chi connectivity index (χ3n) is 3.90. The Bertz CT molecular complexity index is 1010. The smallest absolute Gasteiger partial charge is 0.226 e. The molecule has 1 aromatic carbocycles. The van der Waals surface area contributed by atoms with Gasteiger partial charge in [-0.3, -0.25) is 14.2 Å². The van der Waals surface area contributed by atoms with Crippen molar-refractivity contribution in [3.8, 4) is 0 Å². The number of carbonyl (C=O) groups excluding carboxylic acids is 1. The van der Waals surface area contributed by atoms with Crippen molar-refractivity contribution in [3.63, 3.8) is 0 Å². The Labute approximate surface area is 170 Å². The predicted octanol–water partition coefficient (Wildman–Crippen LogP) is 3.63. The lowest BCUT2D eigenvalue weighted by molar-refractivity contribution is -0.116. The van der Waals surface area contributed by atoms with Crippen LogP contribution in [0.3, 0.4) is 0 Å². The van der Waals surface area contributed by atoms with Gasteiger partial charge in [-0.2, -0.15) is 10.2 Å². The van der Waals surface area contributed by atoms with Crippen molar-refractivity contribution in [1.29, 1.82) is 0 Å². The van der Waals surface area contributed by atoms with Crippen LogP contribution in [0.1, 0.15) is 17.7 Å². The van der Waals surface area contributed by atoms with Crippen LogP contribution >= 0.6 is 22.6 Å².